The molecule has 0 saturated carbocycles. The molecule has 0 aliphatic carbocycles. The van der Waals surface area contributed by atoms with Gasteiger partial charge in [-0.3, -0.25) is 24.0 Å². The van der Waals surface area contributed by atoms with Crippen molar-refractivity contribution in [3.8, 4) is 0 Å². The molecule has 12 heteroatoms. The molecule has 276 valence electrons. The summed E-state index contributed by atoms with van der Waals surface area (Å²) in [4.78, 5) is 70.0. The number of carbonyl (C=O) groups is 5. The molecule has 1 aromatic carbocycles. The molecule has 0 aromatic heterocycles. The number of likely N-dealkylation sites (tertiary alicyclic amines) is 1. The third-order valence-corrected chi connectivity index (χ3v) is 10.0. The Morgan fingerprint density at radius 2 is 1.59 bits per heavy atom. The maximum Gasteiger partial charge on any atom is 0.245 e. The van der Waals surface area contributed by atoms with Crippen LogP contribution in [0.5, 0.6) is 0 Å². The van der Waals surface area contributed by atoms with Crippen LogP contribution in [0.15, 0.2) is 30.3 Å². The molecule has 1 aromatic rings. The summed E-state index contributed by atoms with van der Waals surface area (Å²) in [6.07, 6.45) is 0.913. The lowest BCUT2D eigenvalue weighted by Crippen LogP contribution is -2.59. The van der Waals surface area contributed by atoms with Gasteiger partial charge < -0.3 is 35.6 Å². The Labute approximate surface area is 293 Å². The summed E-state index contributed by atoms with van der Waals surface area (Å²) in [6.45, 7) is 13.6. The van der Waals surface area contributed by atoms with Gasteiger partial charge in [0.2, 0.25) is 23.6 Å². The first-order valence-electron chi connectivity index (χ1n) is 17.6. The number of rotatable bonds is 19. The van der Waals surface area contributed by atoms with Gasteiger partial charge in [0.25, 0.3) is 0 Å². The number of methoxy groups -OCH3 is 2. The van der Waals surface area contributed by atoms with Crippen LogP contribution in [-0.4, -0.2) is 110 Å². The van der Waals surface area contributed by atoms with Gasteiger partial charge in [0, 0.05) is 33.4 Å². The van der Waals surface area contributed by atoms with E-state index in [1.807, 2.05) is 47.6 Å². The Morgan fingerprint density at radius 3 is 2.12 bits per heavy atom. The molecule has 1 saturated heterocycles. The number of nitrogens with one attached hydrogen (secondary N) is 2. The molecule has 1 heterocycles. The average molecular weight is 688 g/mol. The first-order chi connectivity index (χ1) is 23.1. The van der Waals surface area contributed by atoms with Crippen LogP contribution < -0.4 is 16.4 Å². The zero-order valence-electron chi connectivity index (χ0n) is 31.2. The number of carbonyl (C=O) groups excluding carboxylic acids is 5. The van der Waals surface area contributed by atoms with Crippen LogP contribution in [0.1, 0.15) is 84.5 Å². The fourth-order valence-corrected chi connectivity index (χ4v) is 6.65. The number of amides is 4. The molecule has 1 aliphatic rings. The highest BCUT2D eigenvalue weighted by Crippen LogP contribution is 2.29. The van der Waals surface area contributed by atoms with Crippen LogP contribution in [0.2, 0.25) is 0 Å². The molecule has 2 rings (SSSR count). The molecule has 8 atom stereocenters. The summed E-state index contributed by atoms with van der Waals surface area (Å²) in [6, 6.07) is 6.40. The molecule has 0 bridgehead atoms. The number of nitrogens with two attached hydrogens (primary N) is 1. The molecule has 1 aliphatic heterocycles. The first kappa shape index (κ1) is 41.8. The zero-order valence-corrected chi connectivity index (χ0v) is 31.2. The number of hydrogen-bond donors (Lipinski definition) is 3. The molecule has 4 N–H and O–H groups in total. The highest BCUT2D eigenvalue weighted by atomic mass is 16.5. The van der Waals surface area contributed by atoms with Gasteiger partial charge in [-0.15, -0.1) is 0 Å². The van der Waals surface area contributed by atoms with Crippen LogP contribution in [0.3, 0.4) is 0 Å². The van der Waals surface area contributed by atoms with Gasteiger partial charge in [-0.1, -0.05) is 85.2 Å². The van der Waals surface area contributed by atoms with Crippen molar-refractivity contribution in [3.05, 3.63) is 35.9 Å². The van der Waals surface area contributed by atoms with E-state index in [9.17, 15) is 24.0 Å². The molecule has 12 nitrogen and oxygen atoms in total. The topological polar surface area (TPSA) is 160 Å². The summed E-state index contributed by atoms with van der Waals surface area (Å²) in [5.41, 5.74) is 6.60. The lowest BCUT2D eigenvalue weighted by Gasteiger charge is -2.41. The van der Waals surface area contributed by atoms with Gasteiger partial charge in [0.15, 0.2) is 5.78 Å². The van der Waals surface area contributed by atoms with E-state index in [1.54, 1.807) is 48.0 Å². The second-order valence-corrected chi connectivity index (χ2v) is 14.1. The lowest BCUT2D eigenvalue weighted by atomic mass is 9.89. The Bertz CT molecular complexity index is 1240. The predicted octanol–water partition coefficient (Wildman–Crippen LogP) is 3.03. The first-order valence-corrected chi connectivity index (χ1v) is 17.6. The van der Waals surface area contributed by atoms with Gasteiger partial charge in [0.05, 0.1) is 49.2 Å². The van der Waals surface area contributed by atoms with E-state index < -0.39 is 36.3 Å². The van der Waals surface area contributed by atoms with E-state index in [0.29, 0.717) is 18.5 Å². The number of ketones is 1. The van der Waals surface area contributed by atoms with E-state index in [2.05, 4.69) is 10.6 Å². The van der Waals surface area contributed by atoms with E-state index in [-0.39, 0.29) is 66.2 Å². The molecule has 4 amide bonds. The van der Waals surface area contributed by atoms with Gasteiger partial charge in [0.1, 0.15) is 6.04 Å². The Kier molecular flexibility index (Phi) is 16.8. The quantitative estimate of drug-likeness (QED) is 0.187. The summed E-state index contributed by atoms with van der Waals surface area (Å²) in [5.74, 6) is -2.30. The summed E-state index contributed by atoms with van der Waals surface area (Å²) >= 11 is 0. The van der Waals surface area contributed by atoms with Crippen LogP contribution in [0.4, 0.5) is 0 Å². The van der Waals surface area contributed by atoms with Gasteiger partial charge in [-0.2, -0.15) is 0 Å². The number of hydrogen-bond acceptors (Lipinski definition) is 8. The number of Topliss-reactive ketones (excluding diaryl/α,β-unsaturated/α-hetero) is 1. The minimum Gasteiger partial charge on any atom is -0.379 e. The number of ether oxygens (including phenoxy) is 2. The van der Waals surface area contributed by atoms with Crippen molar-refractivity contribution < 1.29 is 33.4 Å². The van der Waals surface area contributed by atoms with Crippen LogP contribution >= 0.6 is 0 Å². The van der Waals surface area contributed by atoms with Crippen molar-refractivity contribution in [1.29, 1.82) is 0 Å². The maximum atomic E-state index is 14.0. The molecule has 0 spiro atoms. The summed E-state index contributed by atoms with van der Waals surface area (Å²) < 4.78 is 11.8. The fraction of sp³-hybridized carbons (Fsp3) is 0.703. The van der Waals surface area contributed by atoms with Crippen molar-refractivity contribution in [1.82, 2.24) is 20.4 Å². The SMILES string of the molecule is CC[C@H](C)[C@@H]([C@@H](CC(=O)N1CCC[C@H]1[C@H](OC)[C@@H](C)C(=O)NCC(=O)c1ccccc1)OC)N(C)C(=O)C(NC(=O)[C@@H](N)C(C)C)C(C)C. The van der Waals surface area contributed by atoms with E-state index >= 15 is 0 Å². The van der Waals surface area contributed by atoms with Crippen LogP contribution in [0, 0.1) is 23.7 Å². The standard InChI is InChI=1S/C37H61N5O7/c1-11-24(6)33(41(8)37(47)32(23(4)5)40-36(46)31(38)22(2)3)29(48-9)20-30(44)42-19-15-18-27(42)34(49-10)25(7)35(45)39-21-28(43)26-16-13-12-14-17-26/h12-14,16-17,22-25,27,29,31-34H,11,15,18-21,38H2,1-10H3,(H,39,45)(H,40,46)/t24-,25+,27-,29+,31-,32?,33-,34+/m0/s1. The van der Waals surface area contributed by atoms with E-state index in [0.717, 1.165) is 12.8 Å². The highest BCUT2D eigenvalue weighted by Gasteiger charge is 2.43. The minimum atomic E-state index is -0.803. The molecule has 1 fully saturated rings. The van der Waals surface area contributed by atoms with Crippen molar-refractivity contribution >= 4 is 29.4 Å². The molecular formula is C37H61N5O7. The third kappa shape index (κ3) is 11.1. The van der Waals surface area contributed by atoms with E-state index in [4.69, 9.17) is 15.2 Å². The van der Waals surface area contributed by atoms with Crippen molar-refractivity contribution in [2.24, 2.45) is 29.4 Å². The number of nitrogens with zero attached hydrogens (tertiary/aromatic N) is 2. The molecule has 1 unspecified atom stereocenters. The molecule has 0 radical (unpaired) electrons. The number of benzene rings is 1. The van der Waals surface area contributed by atoms with Gasteiger partial charge in [-0.25, -0.2) is 0 Å². The largest absolute Gasteiger partial charge is 0.379 e. The Balaban J connectivity index is 2.21. The zero-order chi connectivity index (χ0) is 37.0. The fourth-order valence-electron chi connectivity index (χ4n) is 6.65. The Morgan fingerprint density at radius 1 is 0.959 bits per heavy atom. The van der Waals surface area contributed by atoms with Crippen molar-refractivity contribution in [2.75, 3.05) is 34.4 Å². The van der Waals surface area contributed by atoms with Crippen LogP contribution in [-0.2, 0) is 28.7 Å². The summed E-state index contributed by atoms with van der Waals surface area (Å²) in [5, 5.41) is 5.60. The van der Waals surface area contributed by atoms with Crippen molar-refractivity contribution in [3.63, 3.8) is 0 Å². The monoisotopic (exact) mass is 687 g/mol. The van der Waals surface area contributed by atoms with E-state index in [1.165, 1.54) is 14.2 Å². The normalized spacial score (nSPS) is 19.0. The maximum absolute atomic E-state index is 14.0. The van der Waals surface area contributed by atoms with Gasteiger partial charge in [-0.05, 0) is 30.6 Å². The summed E-state index contributed by atoms with van der Waals surface area (Å²) in [7, 11) is 4.76. The van der Waals surface area contributed by atoms with Crippen LogP contribution in [0.25, 0.3) is 0 Å². The Hall–Kier alpha value is -3.35. The predicted molar refractivity (Wildman–Crippen MR) is 189 cm³/mol. The second-order valence-electron chi connectivity index (χ2n) is 14.1. The minimum absolute atomic E-state index is 0.0130. The highest BCUT2D eigenvalue weighted by molar-refractivity contribution is 5.99. The molecule has 49 heavy (non-hydrogen) atoms. The average Bonchev–Trinajstić information content (AvgIpc) is 3.58. The smallest absolute Gasteiger partial charge is 0.245 e. The third-order valence-electron chi connectivity index (χ3n) is 10.0. The second kappa shape index (κ2) is 19.7. The van der Waals surface area contributed by atoms with Crippen molar-refractivity contribution in [2.45, 2.75) is 111 Å². The van der Waals surface area contributed by atoms with Gasteiger partial charge >= 0.3 is 0 Å². The number of likely N-dealkylation sites (N-methyl/N-ethyl adjacent to an activating group) is 1. The lowest BCUT2D eigenvalue weighted by molar-refractivity contribution is -0.147. The molecular weight excluding hydrogens is 626 g/mol.